The minimum atomic E-state index is -0.850. The highest BCUT2D eigenvalue weighted by molar-refractivity contribution is 7.84. The molecule has 0 spiro atoms. The van der Waals surface area contributed by atoms with Gasteiger partial charge < -0.3 is 11.1 Å². The molecule has 0 fully saturated rings. The van der Waals surface area contributed by atoms with Gasteiger partial charge in [-0.3, -0.25) is 9.00 Å². The van der Waals surface area contributed by atoms with E-state index in [2.05, 4.69) is 5.32 Å². The topological polar surface area (TPSA) is 72.2 Å². The second-order valence-corrected chi connectivity index (χ2v) is 5.74. The molecular weight excluding hydrogens is 236 g/mol. The summed E-state index contributed by atoms with van der Waals surface area (Å²) in [4.78, 5) is 11.7. The van der Waals surface area contributed by atoms with Gasteiger partial charge in [0.15, 0.2) is 0 Å². The molecule has 2 atom stereocenters. The highest BCUT2D eigenvalue weighted by atomic mass is 32.2. The first kappa shape index (κ1) is 13.7. The van der Waals surface area contributed by atoms with Gasteiger partial charge >= 0.3 is 0 Å². The lowest BCUT2D eigenvalue weighted by Gasteiger charge is -2.10. The van der Waals surface area contributed by atoms with E-state index < -0.39 is 10.8 Å². The van der Waals surface area contributed by atoms with E-state index >= 15 is 0 Å². The molecule has 1 aromatic rings. The largest absolute Gasteiger partial charge is 0.398 e. The lowest BCUT2D eigenvalue weighted by molar-refractivity contribution is 0.0954. The highest BCUT2D eigenvalue weighted by Crippen LogP contribution is 2.09. The predicted molar refractivity (Wildman–Crippen MR) is 71.3 cm³/mol. The third-order valence-corrected chi connectivity index (χ3v) is 3.98. The van der Waals surface area contributed by atoms with E-state index in [4.69, 9.17) is 5.73 Å². The molecule has 1 amide bonds. The van der Waals surface area contributed by atoms with Crippen molar-refractivity contribution in [2.45, 2.75) is 18.6 Å². The van der Waals surface area contributed by atoms with Crippen LogP contribution in [0.3, 0.4) is 0 Å². The maximum atomic E-state index is 11.7. The molecule has 0 aliphatic heterocycles. The Morgan fingerprint density at radius 1 is 1.47 bits per heavy atom. The second kappa shape index (κ2) is 6.39. The molecule has 3 N–H and O–H groups in total. The fraction of sp³-hybridized carbons (Fsp3) is 0.417. The second-order valence-electron chi connectivity index (χ2n) is 3.94. The summed E-state index contributed by atoms with van der Waals surface area (Å²) in [6.07, 6.45) is 2.36. The van der Waals surface area contributed by atoms with Gasteiger partial charge in [0.2, 0.25) is 0 Å². The number of rotatable bonds is 5. The molecule has 0 aromatic heterocycles. The zero-order chi connectivity index (χ0) is 12.8. The molecule has 5 heteroatoms. The van der Waals surface area contributed by atoms with E-state index in [1.807, 2.05) is 6.92 Å². The molecule has 0 saturated carbocycles. The highest BCUT2D eigenvalue weighted by Gasteiger charge is 2.10. The first-order chi connectivity index (χ1) is 8.02. The first-order valence-corrected chi connectivity index (χ1v) is 7.09. The van der Waals surface area contributed by atoms with Crippen LogP contribution in [0.2, 0.25) is 0 Å². The van der Waals surface area contributed by atoms with Crippen LogP contribution in [-0.2, 0) is 10.8 Å². The van der Waals surface area contributed by atoms with Gasteiger partial charge in [0, 0.05) is 34.5 Å². The third-order valence-electron chi connectivity index (χ3n) is 2.61. The standard InChI is InChI=1S/C12H18N2O2S/c1-9(17(2)16)7-8-14-12(15)10-5-3-4-6-11(10)13/h3-6,9H,7-8,13H2,1-2H3,(H,14,15). The van der Waals surface area contributed by atoms with Crippen molar-refractivity contribution in [1.29, 1.82) is 0 Å². The number of nitrogens with two attached hydrogens (primary N) is 1. The van der Waals surface area contributed by atoms with Crippen LogP contribution in [0.25, 0.3) is 0 Å². The number of carbonyl (C=O) groups is 1. The van der Waals surface area contributed by atoms with Crippen molar-refractivity contribution in [2.24, 2.45) is 0 Å². The van der Waals surface area contributed by atoms with Crippen molar-refractivity contribution in [3.63, 3.8) is 0 Å². The third kappa shape index (κ3) is 4.19. The van der Waals surface area contributed by atoms with Crippen LogP contribution in [0.1, 0.15) is 23.7 Å². The molecule has 0 aliphatic rings. The molecule has 17 heavy (non-hydrogen) atoms. The van der Waals surface area contributed by atoms with Gasteiger partial charge in [-0.1, -0.05) is 19.1 Å². The molecule has 0 aliphatic carbocycles. The molecule has 0 bridgehead atoms. The van der Waals surface area contributed by atoms with Gasteiger partial charge in [-0.15, -0.1) is 0 Å². The van der Waals surface area contributed by atoms with Crippen molar-refractivity contribution in [3.8, 4) is 0 Å². The summed E-state index contributed by atoms with van der Waals surface area (Å²) in [5.74, 6) is -0.183. The fourth-order valence-electron chi connectivity index (χ4n) is 1.35. The van der Waals surface area contributed by atoms with Gasteiger partial charge in [0.1, 0.15) is 0 Å². The molecule has 0 heterocycles. The summed E-state index contributed by atoms with van der Waals surface area (Å²) >= 11 is 0. The van der Waals surface area contributed by atoms with Gasteiger partial charge in [-0.25, -0.2) is 0 Å². The lowest BCUT2D eigenvalue weighted by Crippen LogP contribution is -2.28. The van der Waals surface area contributed by atoms with Crippen LogP contribution >= 0.6 is 0 Å². The Bertz CT molecular complexity index is 421. The van der Waals surface area contributed by atoms with Crippen molar-refractivity contribution in [2.75, 3.05) is 18.5 Å². The van der Waals surface area contributed by atoms with E-state index in [9.17, 15) is 9.00 Å². The van der Waals surface area contributed by atoms with Gasteiger partial charge in [0.25, 0.3) is 5.91 Å². The van der Waals surface area contributed by atoms with E-state index in [1.54, 1.807) is 30.5 Å². The van der Waals surface area contributed by atoms with Crippen LogP contribution in [0.15, 0.2) is 24.3 Å². The number of nitrogen functional groups attached to an aromatic ring is 1. The van der Waals surface area contributed by atoms with Crippen molar-refractivity contribution in [3.05, 3.63) is 29.8 Å². The number of nitrogens with one attached hydrogen (secondary N) is 1. The van der Waals surface area contributed by atoms with Crippen molar-refractivity contribution in [1.82, 2.24) is 5.32 Å². The summed E-state index contributed by atoms with van der Waals surface area (Å²) in [5.41, 5.74) is 6.65. The number of hydrogen-bond donors (Lipinski definition) is 2. The van der Waals surface area contributed by atoms with Gasteiger partial charge in [0.05, 0.1) is 5.56 Å². The zero-order valence-corrected chi connectivity index (χ0v) is 10.9. The number of anilines is 1. The van der Waals surface area contributed by atoms with Crippen LogP contribution in [0, 0.1) is 0 Å². The van der Waals surface area contributed by atoms with Crippen LogP contribution in [0.4, 0.5) is 5.69 Å². The number of amides is 1. The fourth-order valence-corrected chi connectivity index (χ4v) is 1.80. The molecule has 4 nitrogen and oxygen atoms in total. The Kier molecular flexibility index (Phi) is 5.15. The number of benzene rings is 1. The maximum Gasteiger partial charge on any atom is 0.253 e. The number of para-hydroxylation sites is 1. The summed E-state index contributed by atoms with van der Waals surface area (Å²) in [5, 5.41) is 2.86. The maximum absolute atomic E-state index is 11.7. The summed E-state index contributed by atoms with van der Waals surface area (Å²) in [7, 11) is -0.850. The van der Waals surface area contributed by atoms with Crippen molar-refractivity contribution >= 4 is 22.4 Å². The molecular formula is C12H18N2O2S. The van der Waals surface area contributed by atoms with Crippen LogP contribution in [-0.4, -0.2) is 28.2 Å². The Labute approximate surface area is 104 Å². The summed E-state index contributed by atoms with van der Waals surface area (Å²) < 4.78 is 11.1. The summed E-state index contributed by atoms with van der Waals surface area (Å²) in [6, 6.07) is 6.94. The Morgan fingerprint density at radius 2 is 2.12 bits per heavy atom. The SMILES string of the molecule is CC(CCNC(=O)c1ccccc1N)S(C)=O. The van der Waals surface area contributed by atoms with Crippen LogP contribution < -0.4 is 11.1 Å². The average molecular weight is 254 g/mol. The van der Waals surface area contributed by atoms with E-state index in [0.717, 1.165) is 0 Å². The normalized spacial score (nSPS) is 14.0. The minimum Gasteiger partial charge on any atom is -0.398 e. The minimum absolute atomic E-state index is 0.0865. The number of hydrogen-bond acceptors (Lipinski definition) is 3. The molecule has 1 aromatic carbocycles. The Hall–Kier alpha value is -1.36. The lowest BCUT2D eigenvalue weighted by atomic mass is 10.1. The first-order valence-electron chi connectivity index (χ1n) is 5.47. The van der Waals surface area contributed by atoms with Crippen LogP contribution in [0.5, 0.6) is 0 Å². The Morgan fingerprint density at radius 3 is 2.71 bits per heavy atom. The smallest absolute Gasteiger partial charge is 0.253 e. The predicted octanol–water partition coefficient (Wildman–Crippen LogP) is 1.16. The average Bonchev–Trinajstić information content (AvgIpc) is 2.29. The van der Waals surface area contributed by atoms with Gasteiger partial charge in [-0.2, -0.15) is 0 Å². The molecule has 0 radical (unpaired) electrons. The van der Waals surface area contributed by atoms with E-state index in [-0.39, 0.29) is 11.2 Å². The number of carbonyl (C=O) groups excluding carboxylic acids is 1. The Balaban J connectivity index is 2.46. The molecule has 0 saturated heterocycles. The molecule has 94 valence electrons. The van der Waals surface area contributed by atoms with Crippen molar-refractivity contribution < 1.29 is 9.00 Å². The van der Waals surface area contributed by atoms with E-state index in [1.165, 1.54) is 0 Å². The molecule has 1 rings (SSSR count). The summed E-state index contributed by atoms with van der Waals surface area (Å²) in [6.45, 7) is 2.41. The molecule has 2 unspecified atom stereocenters. The monoisotopic (exact) mass is 254 g/mol. The van der Waals surface area contributed by atoms with E-state index in [0.29, 0.717) is 24.2 Å². The zero-order valence-electron chi connectivity index (χ0n) is 10.1. The quantitative estimate of drug-likeness (QED) is 0.774. The van der Waals surface area contributed by atoms with Gasteiger partial charge in [-0.05, 0) is 18.6 Å².